The molecule has 1 rings (SSSR count). The number of morpholine rings is 1. The first-order valence-electron chi connectivity index (χ1n) is 7.29. The Hall–Kier alpha value is -0.120. The molecule has 1 heterocycles. The molecule has 3 heteroatoms. The van der Waals surface area contributed by atoms with Gasteiger partial charge in [0, 0.05) is 32.7 Å². The molecule has 0 saturated carbocycles. The molecule has 0 aromatic heterocycles. The lowest BCUT2D eigenvalue weighted by Crippen LogP contribution is -2.48. The normalized spacial score (nSPS) is 23.0. The van der Waals surface area contributed by atoms with Gasteiger partial charge >= 0.3 is 0 Å². The summed E-state index contributed by atoms with van der Waals surface area (Å²) in [4.78, 5) is 4.95. The van der Waals surface area contributed by atoms with Gasteiger partial charge in [0.1, 0.15) is 0 Å². The van der Waals surface area contributed by atoms with Crippen molar-refractivity contribution in [2.75, 3.05) is 46.4 Å². The molecule has 0 radical (unpaired) electrons. The fourth-order valence-corrected chi connectivity index (χ4v) is 2.80. The molecule has 0 aromatic rings. The highest BCUT2D eigenvalue weighted by Gasteiger charge is 2.23. The quantitative estimate of drug-likeness (QED) is 0.751. The molecule has 108 valence electrons. The minimum Gasteiger partial charge on any atom is -0.374 e. The van der Waals surface area contributed by atoms with Gasteiger partial charge in [0.25, 0.3) is 0 Å². The van der Waals surface area contributed by atoms with Gasteiger partial charge in [-0.2, -0.15) is 0 Å². The van der Waals surface area contributed by atoms with Gasteiger partial charge in [0.05, 0.1) is 12.7 Å². The molecule has 0 aromatic carbocycles. The second-order valence-electron chi connectivity index (χ2n) is 7.40. The van der Waals surface area contributed by atoms with E-state index < -0.39 is 0 Å². The Morgan fingerprint density at radius 2 is 2.00 bits per heavy atom. The van der Waals surface area contributed by atoms with Crippen LogP contribution in [-0.4, -0.2) is 62.3 Å². The second kappa shape index (κ2) is 6.88. The molecule has 3 nitrogen and oxygen atoms in total. The van der Waals surface area contributed by atoms with Crippen LogP contribution in [0.15, 0.2) is 0 Å². The zero-order valence-corrected chi connectivity index (χ0v) is 13.2. The molecule has 0 bridgehead atoms. The Kier molecular flexibility index (Phi) is 6.09. The number of likely N-dealkylation sites (N-methyl/N-ethyl adjacent to an activating group) is 1. The minimum atomic E-state index is 0.362. The molecule has 1 saturated heterocycles. The summed E-state index contributed by atoms with van der Waals surface area (Å²) in [5.74, 6) is 0.746. The lowest BCUT2D eigenvalue weighted by molar-refractivity contribution is -0.0456. The van der Waals surface area contributed by atoms with Crippen molar-refractivity contribution in [3.63, 3.8) is 0 Å². The van der Waals surface area contributed by atoms with Gasteiger partial charge in [-0.25, -0.2) is 0 Å². The van der Waals surface area contributed by atoms with E-state index in [9.17, 15) is 0 Å². The van der Waals surface area contributed by atoms with Crippen LogP contribution in [0, 0.1) is 11.3 Å². The molecule has 1 atom stereocenters. The first-order chi connectivity index (χ1) is 8.26. The first-order valence-corrected chi connectivity index (χ1v) is 7.29. The van der Waals surface area contributed by atoms with Crippen molar-refractivity contribution in [2.24, 2.45) is 11.3 Å². The van der Waals surface area contributed by atoms with Crippen LogP contribution in [0.2, 0.25) is 0 Å². The van der Waals surface area contributed by atoms with Crippen LogP contribution in [0.5, 0.6) is 0 Å². The number of ether oxygens (including phenoxy) is 1. The van der Waals surface area contributed by atoms with E-state index in [-0.39, 0.29) is 0 Å². The van der Waals surface area contributed by atoms with E-state index >= 15 is 0 Å². The Bertz CT molecular complexity index is 235. The summed E-state index contributed by atoms with van der Waals surface area (Å²) in [6.07, 6.45) is 0.379. The highest BCUT2D eigenvalue weighted by molar-refractivity contribution is 4.76. The van der Waals surface area contributed by atoms with Crippen molar-refractivity contribution >= 4 is 0 Å². The van der Waals surface area contributed by atoms with E-state index in [2.05, 4.69) is 51.5 Å². The van der Waals surface area contributed by atoms with E-state index in [4.69, 9.17) is 4.74 Å². The van der Waals surface area contributed by atoms with Crippen LogP contribution >= 0.6 is 0 Å². The van der Waals surface area contributed by atoms with Crippen molar-refractivity contribution in [1.82, 2.24) is 9.80 Å². The lowest BCUT2D eigenvalue weighted by Gasteiger charge is -2.36. The highest BCUT2D eigenvalue weighted by atomic mass is 16.5. The van der Waals surface area contributed by atoms with Gasteiger partial charge < -0.3 is 9.64 Å². The Morgan fingerprint density at radius 1 is 1.33 bits per heavy atom. The third-order valence-electron chi connectivity index (χ3n) is 3.11. The summed E-state index contributed by atoms with van der Waals surface area (Å²) >= 11 is 0. The third kappa shape index (κ3) is 6.72. The highest BCUT2D eigenvalue weighted by Crippen LogP contribution is 2.15. The summed E-state index contributed by atoms with van der Waals surface area (Å²) in [6, 6.07) is 0. The second-order valence-corrected chi connectivity index (χ2v) is 7.40. The molecule has 0 N–H and O–H groups in total. The van der Waals surface area contributed by atoms with E-state index in [0.29, 0.717) is 11.5 Å². The molecule has 0 spiro atoms. The van der Waals surface area contributed by atoms with Crippen molar-refractivity contribution in [3.05, 3.63) is 0 Å². The monoisotopic (exact) mass is 256 g/mol. The number of hydrogen-bond donors (Lipinski definition) is 0. The van der Waals surface area contributed by atoms with Crippen LogP contribution in [-0.2, 0) is 4.74 Å². The summed E-state index contributed by atoms with van der Waals surface area (Å²) in [5, 5.41) is 0. The van der Waals surface area contributed by atoms with Gasteiger partial charge in [-0.3, -0.25) is 4.90 Å². The first kappa shape index (κ1) is 15.9. The number of hydrogen-bond acceptors (Lipinski definition) is 3. The molecule has 1 fully saturated rings. The molecular weight excluding hydrogens is 224 g/mol. The average molecular weight is 256 g/mol. The van der Waals surface area contributed by atoms with Crippen LogP contribution in [0.3, 0.4) is 0 Å². The summed E-state index contributed by atoms with van der Waals surface area (Å²) in [5.41, 5.74) is 0.362. The SMILES string of the molecule is CC(C)CN1CCO[C@H](CN(C)CC(C)(C)C)C1. The Morgan fingerprint density at radius 3 is 2.56 bits per heavy atom. The van der Waals surface area contributed by atoms with Gasteiger partial charge in [0.15, 0.2) is 0 Å². The maximum absolute atomic E-state index is 5.89. The van der Waals surface area contributed by atoms with Crippen molar-refractivity contribution < 1.29 is 4.74 Å². The van der Waals surface area contributed by atoms with Crippen LogP contribution in [0.25, 0.3) is 0 Å². The average Bonchev–Trinajstić information content (AvgIpc) is 2.13. The Balaban J connectivity index is 2.33. The zero-order chi connectivity index (χ0) is 13.8. The Labute approximate surface area is 113 Å². The molecule has 18 heavy (non-hydrogen) atoms. The standard InChI is InChI=1S/C15H32N2O/c1-13(2)9-17-7-8-18-14(11-17)10-16(6)12-15(3,4)5/h13-14H,7-12H2,1-6H3/t14-/m1/s1. The maximum atomic E-state index is 5.89. The summed E-state index contributed by atoms with van der Waals surface area (Å²) in [6.45, 7) is 17.9. The fourth-order valence-electron chi connectivity index (χ4n) is 2.80. The van der Waals surface area contributed by atoms with Crippen LogP contribution in [0.1, 0.15) is 34.6 Å². The van der Waals surface area contributed by atoms with Crippen molar-refractivity contribution in [3.8, 4) is 0 Å². The molecule has 0 unspecified atom stereocenters. The molecule has 0 amide bonds. The minimum absolute atomic E-state index is 0.362. The fraction of sp³-hybridized carbons (Fsp3) is 1.00. The predicted octanol–water partition coefficient (Wildman–Crippen LogP) is 2.32. The largest absolute Gasteiger partial charge is 0.374 e. The van der Waals surface area contributed by atoms with Gasteiger partial charge in [-0.05, 0) is 18.4 Å². The van der Waals surface area contributed by atoms with E-state index in [0.717, 1.165) is 38.7 Å². The van der Waals surface area contributed by atoms with Gasteiger partial charge in [-0.15, -0.1) is 0 Å². The predicted molar refractivity (Wildman–Crippen MR) is 78.0 cm³/mol. The third-order valence-corrected chi connectivity index (χ3v) is 3.11. The van der Waals surface area contributed by atoms with Crippen LogP contribution < -0.4 is 0 Å². The molecule has 1 aliphatic rings. The van der Waals surface area contributed by atoms with Crippen molar-refractivity contribution in [2.45, 2.75) is 40.7 Å². The zero-order valence-electron chi connectivity index (χ0n) is 13.2. The van der Waals surface area contributed by atoms with E-state index in [1.807, 2.05) is 0 Å². The summed E-state index contributed by atoms with van der Waals surface area (Å²) < 4.78 is 5.89. The molecular formula is C15H32N2O. The van der Waals surface area contributed by atoms with Gasteiger partial charge in [0.2, 0.25) is 0 Å². The smallest absolute Gasteiger partial charge is 0.0829 e. The number of rotatable bonds is 5. The van der Waals surface area contributed by atoms with Crippen molar-refractivity contribution in [1.29, 1.82) is 0 Å². The van der Waals surface area contributed by atoms with E-state index in [1.54, 1.807) is 0 Å². The topological polar surface area (TPSA) is 15.7 Å². The molecule has 1 aliphatic heterocycles. The maximum Gasteiger partial charge on any atom is 0.0829 e. The van der Waals surface area contributed by atoms with E-state index in [1.165, 1.54) is 6.54 Å². The summed E-state index contributed by atoms with van der Waals surface area (Å²) in [7, 11) is 2.20. The lowest BCUT2D eigenvalue weighted by atomic mass is 9.96. The van der Waals surface area contributed by atoms with Gasteiger partial charge in [-0.1, -0.05) is 34.6 Å². The molecule has 0 aliphatic carbocycles. The number of nitrogens with zero attached hydrogens (tertiary/aromatic N) is 2. The van der Waals surface area contributed by atoms with Crippen LogP contribution in [0.4, 0.5) is 0 Å².